The molecule has 0 radical (unpaired) electrons. The standard InChI is InChI=1S/C24H23FN2O3/c1-2-3-14-26-24(30)20-15-21(27-23(20)18-9-11-19(25)12-10-18)17-7-4-16(5-8-17)6-13-22(28)29/h4-13H,2-3,14-15H2,1H3,(H,26,30)(H,28,29)/b13-6+. The fourth-order valence-electron chi connectivity index (χ4n) is 3.13. The maximum atomic E-state index is 13.4. The van der Waals surface area contributed by atoms with Crippen molar-refractivity contribution in [3.63, 3.8) is 0 Å². The molecule has 1 aliphatic rings. The van der Waals surface area contributed by atoms with Crippen molar-refractivity contribution in [3.8, 4) is 0 Å². The lowest BCUT2D eigenvalue weighted by Crippen LogP contribution is -2.26. The average Bonchev–Trinajstić information content (AvgIpc) is 3.19. The largest absolute Gasteiger partial charge is 0.478 e. The van der Waals surface area contributed by atoms with Crippen LogP contribution in [0.4, 0.5) is 4.39 Å². The molecule has 154 valence electrons. The number of halogens is 1. The lowest BCUT2D eigenvalue weighted by Gasteiger charge is -2.08. The third-order valence-electron chi connectivity index (χ3n) is 4.75. The van der Waals surface area contributed by atoms with Crippen molar-refractivity contribution in [3.05, 3.63) is 82.7 Å². The van der Waals surface area contributed by atoms with Gasteiger partial charge in [0.2, 0.25) is 5.91 Å². The Labute approximate surface area is 174 Å². The molecule has 3 rings (SSSR count). The Morgan fingerprint density at radius 1 is 1.10 bits per heavy atom. The minimum Gasteiger partial charge on any atom is -0.478 e. The predicted molar refractivity (Wildman–Crippen MR) is 116 cm³/mol. The maximum absolute atomic E-state index is 13.4. The summed E-state index contributed by atoms with van der Waals surface area (Å²) in [5.41, 5.74) is 4.13. The van der Waals surface area contributed by atoms with Gasteiger partial charge in [-0.3, -0.25) is 9.79 Å². The molecule has 0 unspecified atom stereocenters. The van der Waals surface area contributed by atoms with Crippen molar-refractivity contribution in [2.45, 2.75) is 26.2 Å². The average molecular weight is 406 g/mol. The number of unbranched alkanes of at least 4 members (excludes halogenated alkanes) is 1. The van der Waals surface area contributed by atoms with Crippen LogP contribution in [0.15, 0.2) is 65.2 Å². The first kappa shape index (κ1) is 21.2. The van der Waals surface area contributed by atoms with E-state index in [0.717, 1.165) is 35.8 Å². The van der Waals surface area contributed by atoms with Crippen molar-refractivity contribution in [2.24, 2.45) is 4.99 Å². The van der Waals surface area contributed by atoms with Crippen LogP contribution in [0.5, 0.6) is 0 Å². The van der Waals surface area contributed by atoms with Crippen LogP contribution in [0, 0.1) is 5.82 Å². The van der Waals surface area contributed by atoms with Gasteiger partial charge in [-0.2, -0.15) is 0 Å². The summed E-state index contributed by atoms with van der Waals surface area (Å²) in [6.07, 6.45) is 4.83. The summed E-state index contributed by atoms with van der Waals surface area (Å²) in [7, 11) is 0. The first-order valence-corrected chi connectivity index (χ1v) is 9.84. The maximum Gasteiger partial charge on any atom is 0.328 e. The van der Waals surface area contributed by atoms with E-state index in [4.69, 9.17) is 10.1 Å². The number of hydrogen-bond acceptors (Lipinski definition) is 3. The summed E-state index contributed by atoms with van der Waals surface area (Å²) in [5.74, 6) is -1.52. The zero-order chi connectivity index (χ0) is 21.5. The van der Waals surface area contributed by atoms with Crippen LogP contribution in [0.3, 0.4) is 0 Å². The monoisotopic (exact) mass is 406 g/mol. The second-order valence-corrected chi connectivity index (χ2v) is 6.97. The van der Waals surface area contributed by atoms with E-state index < -0.39 is 5.97 Å². The van der Waals surface area contributed by atoms with Crippen LogP contribution in [-0.4, -0.2) is 29.2 Å². The smallest absolute Gasteiger partial charge is 0.328 e. The SMILES string of the molecule is CCCCNC(=O)C1=C(c2ccc(F)cc2)N=C(c2ccc(/C=C/C(=O)O)cc2)C1. The van der Waals surface area contributed by atoms with Crippen LogP contribution < -0.4 is 5.32 Å². The number of carboxylic acid groups (broad SMARTS) is 1. The Balaban J connectivity index is 1.87. The number of nitrogens with one attached hydrogen (secondary N) is 1. The molecular weight excluding hydrogens is 383 g/mol. The van der Waals surface area contributed by atoms with E-state index in [-0.39, 0.29) is 11.7 Å². The molecule has 0 saturated carbocycles. The number of carbonyl (C=O) groups is 2. The van der Waals surface area contributed by atoms with Gasteiger partial charge in [-0.05, 0) is 47.9 Å². The highest BCUT2D eigenvalue weighted by molar-refractivity contribution is 6.16. The first-order valence-electron chi connectivity index (χ1n) is 9.84. The molecule has 0 fully saturated rings. The minimum atomic E-state index is -1.01. The molecule has 1 amide bonds. The van der Waals surface area contributed by atoms with E-state index in [0.29, 0.717) is 29.8 Å². The number of rotatable bonds is 8. The highest BCUT2D eigenvalue weighted by Gasteiger charge is 2.25. The molecule has 1 aliphatic heterocycles. The Morgan fingerprint density at radius 2 is 1.77 bits per heavy atom. The zero-order valence-electron chi connectivity index (χ0n) is 16.7. The Kier molecular flexibility index (Phi) is 6.91. The number of nitrogens with zero attached hydrogens (tertiary/aromatic N) is 1. The molecular formula is C24H23FN2O3. The van der Waals surface area contributed by atoms with Crippen molar-refractivity contribution in [1.82, 2.24) is 5.32 Å². The molecule has 5 nitrogen and oxygen atoms in total. The fraction of sp³-hybridized carbons (Fsp3) is 0.208. The van der Waals surface area contributed by atoms with Crippen LogP contribution in [0.25, 0.3) is 11.8 Å². The van der Waals surface area contributed by atoms with Gasteiger partial charge in [0, 0.05) is 30.2 Å². The van der Waals surface area contributed by atoms with Crippen molar-refractivity contribution in [1.29, 1.82) is 0 Å². The summed E-state index contributed by atoms with van der Waals surface area (Å²) >= 11 is 0. The van der Waals surface area contributed by atoms with E-state index in [1.807, 2.05) is 12.1 Å². The highest BCUT2D eigenvalue weighted by atomic mass is 19.1. The fourth-order valence-corrected chi connectivity index (χ4v) is 3.13. The van der Waals surface area contributed by atoms with Crippen molar-refractivity contribution >= 4 is 29.4 Å². The Morgan fingerprint density at radius 3 is 2.40 bits per heavy atom. The molecule has 2 N–H and O–H groups in total. The molecule has 0 spiro atoms. The third kappa shape index (κ3) is 5.29. The molecule has 0 saturated heterocycles. The van der Waals surface area contributed by atoms with Gasteiger partial charge >= 0.3 is 5.97 Å². The molecule has 2 aromatic carbocycles. The van der Waals surface area contributed by atoms with Crippen LogP contribution >= 0.6 is 0 Å². The predicted octanol–water partition coefficient (Wildman–Crippen LogP) is 4.44. The van der Waals surface area contributed by atoms with E-state index in [9.17, 15) is 14.0 Å². The zero-order valence-corrected chi connectivity index (χ0v) is 16.7. The van der Waals surface area contributed by atoms with Gasteiger partial charge in [0.15, 0.2) is 0 Å². The van der Waals surface area contributed by atoms with E-state index >= 15 is 0 Å². The van der Waals surface area contributed by atoms with Gasteiger partial charge in [0.05, 0.1) is 11.4 Å². The summed E-state index contributed by atoms with van der Waals surface area (Å²) in [5, 5.41) is 11.7. The molecule has 1 heterocycles. The number of carboxylic acids is 1. The van der Waals surface area contributed by atoms with Crippen LogP contribution in [0.2, 0.25) is 0 Å². The van der Waals surface area contributed by atoms with E-state index in [2.05, 4.69) is 12.2 Å². The molecule has 0 aliphatic carbocycles. The van der Waals surface area contributed by atoms with E-state index in [1.54, 1.807) is 24.3 Å². The normalized spacial score (nSPS) is 13.6. The quantitative estimate of drug-likeness (QED) is 0.502. The van der Waals surface area contributed by atoms with Gasteiger partial charge in [-0.15, -0.1) is 0 Å². The topological polar surface area (TPSA) is 78.8 Å². The Bertz CT molecular complexity index is 1020. The molecule has 30 heavy (non-hydrogen) atoms. The summed E-state index contributed by atoms with van der Waals surface area (Å²) in [6.45, 7) is 2.65. The van der Waals surface area contributed by atoms with Gasteiger partial charge in [0.25, 0.3) is 0 Å². The van der Waals surface area contributed by atoms with Gasteiger partial charge in [-0.25, -0.2) is 9.18 Å². The lowest BCUT2D eigenvalue weighted by molar-refractivity contribution is -0.131. The van der Waals surface area contributed by atoms with Crippen molar-refractivity contribution in [2.75, 3.05) is 6.54 Å². The summed E-state index contributed by atoms with van der Waals surface area (Å²) in [6, 6.07) is 13.2. The number of benzene rings is 2. The summed E-state index contributed by atoms with van der Waals surface area (Å²) in [4.78, 5) is 28.1. The first-order chi connectivity index (χ1) is 14.5. The van der Waals surface area contributed by atoms with Gasteiger partial charge in [0.1, 0.15) is 5.82 Å². The molecule has 0 bridgehead atoms. The number of amides is 1. The van der Waals surface area contributed by atoms with Crippen molar-refractivity contribution < 1.29 is 19.1 Å². The molecule has 6 heteroatoms. The second kappa shape index (κ2) is 9.78. The molecule has 2 aromatic rings. The Hall–Kier alpha value is -3.54. The van der Waals surface area contributed by atoms with E-state index in [1.165, 1.54) is 18.2 Å². The third-order valence-corrected chi connectivity index (χ3v) is 4.75. The van der Waals surface area contributed by atoms with Crippen LogP contribution in [0.1, 0.15) is 42.9 Å². The van der Waals surface area contributed by atoms with Crippen LogP contribution in [-0.2, 0) is 9.59 Å². The number of carbonyl (C=O) groups excluding carboxylic acids is 1. The molecule has 0 atom stereocenters. The van der Waals surface area contributed by atoms with Gasteiger partial charge in [-0.1, -0.05) is 37.6 Å². The second-order valence-electron chi connectivity index (χ2n) is 6.97. The summed E-state index contributed by atoms with van der Waals surface area (Å²) < 4.78 is 13.4. The number of hydrogen-bond donors (Lipinski definition) is 2. The number of aliphatic imine (C=N–C) groups is 1. The minimum absolute atomic E-state index is 0.164. The van der Waals surface area contributed by atoms with Gasteiger partial charge < -0.3 is 10.4 Å². The lowest BCUT2D eigenvalue weighted by atomic mass is 10.0. The molecule has 0 aromatic heterocycles. The highest BCUT2D eigenvalue weighted by Crippen LogP contribution is 2.31. The number of aliphatic carboxylic acids is 1.